The van der Waals surface area contributed by atoms with Gasteiger partial charge >= 0.3 is 0 Å². The summed E-state index contributed by atoms with van der Waals surface area (Å²) in [6.07, 6.45) is 1.98. The molecule has 1 atom stereocenters. The van der Waals surface area contributed by atoms with Crippen LogP contribution < -0.4 is 5.19 Å². The number of pyridine rings is 2. The maximum absolute atomic E-state index is 13.8. The molecule has 1 unspecified atom stereocenters. The smallest absolute Gasteiger partial charge is 0.123 e. The molecule has 261 valence electrons. The number of halogens is 1. The van der Waals surface area contributed by atoms with Gasteiger partial charge in [0.1, 0.15) is 5.82 Å². The number of thiophene rings is 1. The molecule has 0 aliphatic carbocycles. The van der Waals surface area contributed by atoms with Crippen molar-refractivity contribution in [1.82, 2.24) is 9.97 Å². The van der Waals surface area contributed by atoms with Gasteiger partial charge in [-0.1, -0.05) is 105 Å². The first kappa shape index (κ1) is 33.3. The molecule has 0 spiro atoms. The summed E-state index contributed by atoms with van der Waals surface area (Å²) in [7, 11) is -1.64. The van der Waals surface area contributed by atoms with Crippen molar-refractivity contribution in [2.24, 2.45) is 0 Å². The van der Waals surface area contributed by atoms with Gasteiger partial charge in [0.05, 0.1) is 8.07 Å². The van der Waals surface area contributed by atoms with E-state index in [1.165, 1.54) is 11.3 Å². The average molecular weight is 894 g/mol. The largest absolute Gasteiger partial charge is 0.305 e. The molecule has 0 aliphatic heterocycles. The minimum Gasteiger partial charge on any atom is -0.305 e. The van der Waals surface area contributed by atoms with Crippen LogP contribution in [0.4, 0.5) is 4.39 Å². The Morgan fingerprint density at radius 3 is 2.19 bits per heavy atom. The van der Waals surface area contributed by atoms with Gasteiger partial charge in [0, 0.05) is 47.2 Å². The second kappa shape index (κ2) is 16.4. The summed E-state index contributed by atoms with van der Waals surface area (Å²) < 4.78 is 42.2. The third-order valence-corrected chi connectivity index (χ3v) is 11.9. The van der Waals surface area contributed by atoms with Gasteiger partial charge in [-0.2, -0.15) is 11.3 Å². The fraction of sp³-hybridized carbons (Fsp3) is 0.130. The van der Waals surface area contributed by atoms with Gasteiger partial charge in [-0.3, -0.25) is 0 Å². The van der Waals surface area contributed by atoms with Crippen LogP contribution >= 0.6 is 11.3 Å². The van der Waals surface area contributed by atoms with Crippen LogP contribution in [-0.4, -0.2) is 18.0 Å². The van der Waals surface area contributed by atoms with E-state index in [9.17, 15) is 5.76 Å². The van der Waals surface area contributed by atoms with Crippen LogP contribution in [0, 0.1) is 17.9 Å². The van der Waals surface area contributed by atoms with Crippen LogP contribution in [0.25, 0.3) is 42.7 Å². The van der Waals surface area contributed by atoms with Crippen LogP contribution in [-0.2, 0) is 26.5 Å². The Bertz CT molecular complexity index is 2560. The number of hydrogen-bond donors (Lipinski definition) is 0. The van der Waals surface area contributed by atoms with E-state index in [1.807, 2.05) is 98.0 Å². The molecule has 1 radical (unpaired) electrons. The summed E-state index contributed by atoms with van der Waals surface area (Å²) in [6.45, 7) is 8.91. The summed E-state index contributed by atoms with van der Waals surface area (Å²) in [5.41, 5.74) is 6.43. The second-order valence-corrected chi connectivity index (χ2v) is 19.5. The minimum absolute atomic E-state index is 0. The van der Waals surface area contributed by atoms with Crippen molar-refractivity contribution in [1.29, 1.82) is 0 Å². The van der Waals surface area contributed by atoms with Crippen molar-refractivity contribution in [3.8, 4) is 22.5 Å². The Morgan fingerprint density at radius 2 is 1.46 bits per heavy atom. The SMILES string of the molecule is [2H]C(C)(c1ccccc1)c1cc(-c2[c-]cccc2)ncc1[Si](C)(C)C.[2H]C([2H])(c1ccccc1)c1ccnc(-c2[c-]cc3sc4ccc(F)cc4c3c2)c1.[Ir]. The van der Waals surface area contributed by atoms with E-state index in [0.29, 0.717) is 16.8 Å². The quantitative estimate of drug-likeness (QED) is 0.118. The normalized spacial score (nSPS) is 13.5. The van der Waals surface area contributed by atoms with Gasteiger partial charge < -0.3 is 9.97 Å². The molecule has 0 fully saturated rings. The molecule has 6 heteroatoms. The standard InChI is InChI=1S/C24H15FNS.C22H24NSi.Ir/c25-19-7-9-24-21(15-19)20-14-18(6-8-23(20)27-24)22-13-17(10-11-26-22)12-16-4-2-1-3-5-16;1-17(18-11-7-5-8-12-18)20-15-21(19-13-9-6-10-14-19)23-16-22(20)24(2,3)4;/h1-5,7-11,13-15H,12H2;5-13,15-17H,1-4H3;/q2*-1;/i12D2;17D;. The van der Waals surface area contributed by atoms with Gasteiger partial charge in [-0.05, 0) is 79.6 Å². The fourth-order valence-corrected chi connectivity index (χ4v) is 8.66. The first-order valence-corrected chi connectivity index (χ1v) is 21.2. The van der Waals surface area contributed by atoms with Crippen LogP contribution in [0.1, 0.15) is 39.2 Å². The molecule has 0 N–H and O–H groups in total. The Hall–Kier alpha value is -4.58. The zero-order valence-electron chi connectivity index (χ0n) is 32.4. The topological polar surface area (TPSA) is 25.8 Å². The first-order chi connectivity index (χ1) is 25.8. The maximum atomic E-state index is 13.8. The summed E-state index contributed by atoms with van der Waals surface area (Å²) in [5.74, 6) is -1.08. The van der Waals surface area contributed by atoms with E-state index < -0.39 is 20.3 Å². The number of hydrogen-bond acceptors (Lipinski definition) is 3. The Kier molecular flexibility index (Phi) is 10.5. The van der Waals surface area contributed by atoms with Gasteiger partial charge in [-0.25, -0.2) is 4.39 Å². The molecule has 5 aromatic carbocycles. The van der Waals surface area contributed by atoms with Crippen molar-refractivity contribution < 1.29 is 28.6 Å². The number of nitrogens with zero attached hydrogens (tertiary/aromatic N) is 2. The van der Waals surface area contributed by atoms with E-state index in [-0.39, 0.29) is 25.9 Å². The molecule has 2 nitrogen and oxygen atoms in total. The van der Waals surface area contributed by atoms with Gasteiger partial charge in [0.2, 0.25) is 0 Å². The van der Waals surface area contributed by atoms with Crippen LogP contribution in [0.2, 0.25) is 19.6 Å². The third kappa shape index (κ3) is 8.54. The monoisotopic (exact) mass is 894 g/mol. The molecule has 0 saturated heterocycles. The van der Waals surface area contributed by atoms with Crippen LogP contribution in [0.3, 0.4) is 0 Å². The Morgan fingerprint density at radius 1 is 0.750 bits per heavy atom. The van der Waals surface area contributed by atoms with Gasteiger partial charge in [0.25, 0.3) is 0 Å². The average Bonchev–Trinajstić information content (AvgIpc) is 3.55. The molecular formula is C46H39FIrN2SSi-2. The van der Waals surface area contributed by atoms with Gasteiger partial charge in [0.15, 0.2) is 0 Å². The molecule has 3 aromatic heterocycles. The molecule has 52 heavy (non-hydrogen) atoms. The van der Waals surface area contributed by atoms with Gasteiger partial charge in [-0.15, -0.1) is 59.7 Å². The van der Waals surface area contributed by atoms with E-state index in [4.69, 9.17) is 7.73 Å². The molecule has 0 amide bonds. The van der Waals surface area contributed by atoms with Crippen molar-refractivity contribution >= 4 is 44.8 Å². The van der Waals surface area contributed by atoms with E-state index in [0.717, 1.165) is 48.1 Å². The molecule has 0 saturated carbocycles. The predicted octanol–water partition coefficient (Wildman–Crippen LogP) is 11.9. The summed E-state index contributed by atoms with van der Waals surface area (Å²) >= 11 is 1.60. The molecule has 8 rings (SSSR count). The summed E-state index contributed by atoms with van der Waals surface area (Å²) in [5, 5.41) is 3.07. The van der Waals surface area contributed by atoms with E-state index >= 15 is 0 Å². The van der Waals surface area contributed by atoms with Crippen molar-refractivity contribution in [3.63, 3.8) is 0 Å². The van der Waals surface area contributed by atoms with Crippen LogP contribution in [0.5, 0.6) is 0 Å². The van der Waals surface area contributed by atoms with Crippen LogP contribution in [0.15, 0.2) is 146 Å². The number of rotatable bonds is 7. The molecular weight excluding hydrogens is 852 g/mol. The van der Waals surface area contributed by atoms with E-state index in [2.05, 4.69) is 42.8 Å². The second-order valence-electron chi connectivity index (χ2n) is 13.4. The Balaban J connectivity index is 0.000000186. The zero-order valence-corrected chi connectivity index (χ0v) is 33.6. The first-order valence-electron chi connectivity index (χ1n) is 18.4. The van der Waals surface area contributed by atoms with E-state index in [1.54, 1.807) is 53.9 Å². The number of fused-ring (bicyclic) bond motifs is 3. The minimum atomic E-state index is -1.64. The maximum Gasteiger partial charge on any atom is 0.123 e. The van der Waals surface area contributed by atoms with Crippen molar-refractivity contribution in [2.75, 3.05) is 0 Å². The summed E-state index contributed by atoms with van der Waals surface area (Å²) in [4.78, 5) is 9.14. The predicted molar refractivity (Wildman–Crippen MR) is 216 cm³/mol. The number of aromatic nitrogens is 2. The molecule has 3 heterocycles. The molecule has 0 bridgehead atoms. The molecule has 0 aliphatic rings. The van der Waals surface area contributed by atoms with Crippen molar-refractivity contribution in [3.05, 3.63) is 186 Å². The number of benzene rings is 5. The summed E-state index contributed by atoms with van der Waals surface area (Å²) in [6, 6.07) is 47.8. The zero-order chi connectivity index (χ0) is 38.1. The van der Waals surface area contributed by atoms with Crippen molar-refractivity contribution in [2.45, 2.75) is 38.8 Å². The fourth-order valence-electron chi connectivity index (χ4n) is 6.09. The third-order valence-electron chi connectivity index (χ3n) is 8.77. The molecule has 8 aromatic rings. The Labute approximate surface area is 329 Å².